The molecule has 0 aromatic heterocycles. The van der Waals surface area contributed by atoms with Crippen molar-refractivity contribution in [3.05, 3.63) is 58.7 Å². The van der Waals surface area contributed by atoms with Gasteiger partial charge in [-0.05, 0) is 62.8 Å². The third-order valence-electron chi connectivity index (χ3n) is 4.48. The van der Waals surface area contributed by atoms with Crippen molar-refractivity contribution in [1.29, 1.82) is 0 Å². The van der Waals surface area contributed by atoms with E-state index < -0.39 is 11.9 Å². The van der Waals surface area contributed by atoms with Crippen LogP contribution in [0.2, 0.25) is 0 Å². The van der Waals surface area contributed by atoms with Gasteiger partial charge in [-0.25, -0.2) is 0 Å². The molecule has 2 aromatic carbocycles. The molecule has 0 unspecified atom stereocenters. The molecule has 6 nitrogen and oxygen atoms in total. The van der Waals surface area contributed by atoms with Crippen LogP contribution in [0, 0.1) is 0 Å². The van der Waals surface area contributed by atoms with Crippen molar-refractivity contribution in [3.8, 4) is 11.5 Å². The number of hydrogen-bond donors (Lipinski definition) is 0. The summed E-state index contributed by atoms with van der Waals surface area (Å²) >= 11 is 0. The first kappa shape index (κ1) is 31.2. The maximum Gasteiger partial charge on any atom is 2.00 e. The van der Waals surface area contributed by atoms with Crippen LogP contribution in [0.4, 0.5) is 0 Å². The van der Waals surface area contributed by atoms with Crippen molar-refractivity contribution in [2.45, 2.75) is 79.4 Å². The van der Waals surface area contributed by atoms with Crippen LogP contribution >= 0.6 is 0 Å². The Morgan fingerprint density at radius 2 is 0.939 bits per heavy atom. The molecule has 0 fully saturated rings. The van der Waals surface area contributed by atoms with E-state index in [2.05, 4.69) is 0 Å². The second-order valence-electron chi connectivity index (χ2n) is 8.67. The Labute approximate surface area is 227 Å². The van der Waals surface area contributed by atoms with Crippen molar-refractivity contribution < 1.29 is 29.3 Å². The topological polar surface area (TPSA) is 98.7 Å². The normalized spacial score (nSPS) is 10.5. The molecule has 0 aliphatic carbocycles. The quantitative estimate of drug-likeness (QED) is 0.534. The number of benzene rings is 2. The van der Waals surface area contributed by atoms with E-state index in [4.69, 9.17) is 9.47 Å². The molecular formula is C26H34CaO6. The molecule has 0 aliphatic rings. The molecule has 0 heterocycles. The van der Waals surface area contributed by atoms with Crippen LogP contribution in [0.3, 0.4) is 0 Å². The molecule has 0 saturated heterocycles. The molecule has 176 valence electrons. The van der Waals surface area contributed by atoms with E-state index in [1.165, 1.54) is 12.1 Å². The van der Waals surface area contributed by atoms with Gasteiger partial charge < -0.3 is 29.3 Å². The minimum Gasteiger partial charge on any atom is -0.545 e. The van der Waals surface area contributed by atoms with Gasteiger partial charge in [-0.3, -0.25) is 0 Å². The standard InChI is InChI=1S/2C13H18O3.Ca/c2*1-8(2)10-6-5-7-11(13(14)15)12(10)16-9(3)4;/h2*5-9H,1-4H3,(H,14,15);/q;;+2/p-2. The number of carbonyl (C=O) groups is 2. The SMILES string of the molecule is CC(C)Oc1c(C(=O)[O-])cccc1C(C)C.CC(C)Oc1c(C(=O)[O-])cccc1C(C)C.[Ca+2]. The van der Waals surface area contributed by atoms with Gasteiger partial charge in [-0.2, -0.15) is 0 Å². The second kappa shape index (κ2) is 14.5. The van der Waals surface area contributed by atoms with Crippen molar-refractivity contribution in [2.24, 2.45) is 0 Å². The van der Waals surface area contributed by atoms with E-state index in [-0.39, 0.29) is 72.9 Å². The Hall–Kier alpha value is -1.76. The fourth-order valence-electron chi connectivity index (χ4n) is 3.07. The first-order chi connectivity index (χ1) is 14.9. The van der Waals surface area contributed by atoms with Crippen LogP contribution in [-0.2, 0) is 0 Å². The van der Waals surface area contributed by atoms with Crippen molar-refractivity contribution in [3.63, 3.8) is 0 Å². The van der Waals surface area contributed by atoms with Gasteiger partial charge in [0.2, 0.25) is 0 Å². The minimum absolute atomic E-state index is 0. The van der Waals surface area contributed by atoms with Crippen LogP contribution in [0.1, 0.15) is 99.1 Å². The molecule has 0 spiro atoms. The Bertz CT molecular complexity index is 843. The molecular weight excluding hydrogens is 448 g/mol. The summed E-state index contributed by atoms with van der Waals surface area (Å²) in [5.41, 5.74) is 2.05. The van der Waals surface area contributed by atoms with Gasteiger partial charge in [0, 0.05) is 11.1 Å². The Balaban J connectivity index is 0.000000602. The van der Waals surface area contributed by atoms with Gasteiger partial charge in [0.25, 0.3) is 0 Å². The van der Waals surface area contributed by atoms with E-state index in [1.807, 2.05) is 67.5 Å². The molecule has 2 rings (SSSR count). The van der Waals surface area contributed by atoms with Crippen LogP contribution in [0.5, 0.6) is 11.5 Å². The first-order valence-corrected chi connectivity index (χ1v) is 10.9. The molecule has 0 radical (unpaired) electrons. The van der Waals surface area contributed by atoms with Crippen molar-refractivity contribution in [2.75, 3.05) is 0 Å². The molecule has 0 amide bonds. The molecule has 7 heteroatoms. The minimum atomic E-state index is -1.20. The molecule has 2 aromatic rings. The third-order valence-corrected chi connectivity index (χ3v) is 4.48. The Kier molecular flexibility index (Phi) is 13.7. The summed E-state index contributed by atoms with van der Waals surface area (Å²) in [5, 5.41) is 22.0. The number of hydrogen-bond acceptors (Lipinski definition) is 6. The van der Waals surface area contributed by atoms with Crippen LogP contribution in [0.25, 0.3) is 0 Å². The maximum atomic E-state index is 11.0. The van der Waals surface area contributed by atoms with Gasteiger partial charge in [0.15, 0.2) is 0 Å². The number of carboxylic acid groups (broad SMARTS) is 2. The maximum absolute atomic E-state index is 11.0. The number of rotatable bonds is 8. The molecule has 0 saturated carbocycles. The first-order valence-electron chi connectivity index (χ1n) is 10.9. The summed E-state index contributed by atoms with van der Waals surface area (Å²) in [6.07, 6.45) is -0.115. The second-order valence-corrected chi connectivity index (χ2v) is 8.67. The van der Waals surface area contributed by atoms with E-state index in [0.29, 0.717) is 11.5 Å². The van der Waals surface area contributed by atoms with E-state index in [9.17, 15) is 19.8 Å². The molecule has 0 bridgehead atoms. The molecule has 0 aliphatic heterocycles. The zero-order chi connectivity index (χ0) is 24.6. The predicted molar refractivity (Wildman–Crippen MR) is 127 cm³/mol. The predicted octanol–water partition coefficient (Wildman–Crippen LogP) is 3.54. The van der Waals surface area contributed by atoms with Crippen LogP contribution in [0.15, 0.2) is 36.4 Å². The summed E-state index contributed by atoms with van der Waals surface area (Å²) in [4.78, 5) is 22.0. The van der Waals surface area contributed by atoms with Crippen molar-refractivity contribution in [1.82, 2.24) is 0 Å². The van der Waals surface area contributed by atoms with Gasteiger partial charge in [-0.15, -0.1) is 0 Å². The fourth-order valence-corrected chi connectivity index (χ4v) is 3.07. The molecule has 0 atom stereocenters. The van der Waals surface area contributed by atoms with Crippen LogP contribution < -0.4 is 19.7 Å². The largest absolute Gasteiger partial charge is 2.00 e. The number of carbonyl (C=O) groups excluding carboxylic acids is 2. The number of ether oxygens (including phenoxy) is 2. The van der Waals surface area contributed by atoms with Gasteiger partial charge in [0.05, 0.1) is 24.1 Å². The van der Waals surface area contributed by atoms with E-state index in [0.717, 1.165) is 11.1 Å². The average Bonchev–Trinajstić information content (AvgIpc) is 2.67. The summed E-state index contributed by atoms with van der Waals surface area (Å²) in [6.45, 7) is 15.5. The average molecular weight is 483 g/mol. The third kappa shape index (κ3) is 9.55. The van der Waals surface area contributed by atoms with Gasteiger partial charge >= 0.3 is 37.7 Å². The van der Waals surface area contributed by atoms with Crippen LogP contribution in [-0.4, -0.2) is 61.9 Å². The molecule has 0 N–H and O–H groups in total. The smallest absolute Gasteiger partial charge is 0.545 e. The number of aromatic carboxylic acids is 2. The fraction of sp³-hybridized carbons (Fsp3) is 0.462. The van der Waals surface area contributed by atoms with E-state index >= 15 is 0 Å². The zero-order valence-electron chi connectivity index (χ0n) is 20.9. The van der Waals surface area contributed by atoms with Gasteiger partial charge in [-0.1, -0.05) is 52.0 Å². The number of carboxylic acids is 2. The number of para-hydroxylation sites is 2. The summed E-state index contributed by atoms with van der Waals surface area (Å²) < 4.78 is 11.2. The summed E-state index contributed by atoms with van der Waals surface area (Å²) in [5.74, 6) is -1.09. The Morgan fingerprint density at radius 3 is 1.15 bits per heavy atom. The summed E-state index contributed by atoms with van der Waals surface area (Å²) in [7, 11) is 0. The molecule has 33 heavy (non-hydrogen) atoms. The Morgan fingerprint density at radius 1 is 0.636 bits per heavy atom. The zero-order valence-corrected chi connectivity index (χ0v) is 23.1. The van der Waals surface area contributed by atoms with Gasteiger partial charge in [0.1, 0.15) is 11.5 Å². The van der Waals surface area contributed by atoms with Crippen molar-refractivity contribution >= 4 is 49.7 Å². The van der Waals surface area contributed by atoms with E-state index in [1.54, 1.807) is 12.1 Å². The summed E-state index contributed by atoms with van der Waals surface area (Å²) in [6, 6.07) is 10.2. The monoisotopic (exact) mass is 482 g/mol.